The van der Waals surface area contributed by atoms with Gasteiger partial charge in [0.05, 0.1) is 0 Å². The lowest BCUT2D eigenvalue weighted by Gasteiger charge is -2.12. The highest BCUT2D eigenvalue weighted by Crippen LogP contribution is 2.41. The smallest absolute Gasteiger partial charge is 0.303 e. The number of carboxylic acid groups (broad SMARTS) is 1. The van der Waals surface area contributed by atoms with E-state index in [1.54, 1.807) is 0 Å². The van der Waals surface area contributed by atoms with E-state index in [0.29, 0.717) is 0 Å². The second-order valence-corrected chi connectivity index (χ2v) is 3.51. The van der Waals surface area contributed by atoms with Gasteiger partial charge in [-0.25, -0.2) is 0 Å². The van der Waals surface area contributed by atoms with Gasteiger partial charge >= 0.3 is 5.97 Å². The molecule has 3 unspecified atom stereocenters. The van der Waals surface area contributed by atoms with Crippen LogP contribution in [0.1, 0.15) is 12.8 Å². The predicted molar refractivity (Wildman–Crippen MR) is 41.5 cm³/mol. The second-order valence-electron chi connectivity index (χ2n) is 3.51. The maximum Gasteiger partial charge on any atom is 0.303 e. The van der Waals surface area contributed by atoms with Crippen LogP contribution in [0, 0.1) is 17.8 Å². The van der Waals surface area contributed by atoms with Crippen molar-refractivity contribution in [3.8, 4) is 0 Å². The molecule has 2 aliphatic carbocycles. The molecule has 0 radical (unpaired) electrons. The quantitative estimate of drug-likeness (QED) is 0.619. The van der Waals surface area contributed by atoms with Crippen LogP contribution in [0.2, 0.25) is 0 Å². The number of hydrogen-bond acceptors (Lipinski definition) is 2. The third kappa shape index (κ3) is 0.967. The molecule has 1 fully saturated rings. The molecule has 2 aliphatic rings. The molecule has 3 heteroatoms. The SMILES string of the molecule is O=C(O)CC1CC2C=CC1C2=O. The summed E-state index contributed by atoms with van der Waals surface area (Å²) in [6.07, 6.45) is 4.65. The van der Waals surface area contributed by atoms with Crippen molar-refractivity contribution in [2.75, 3.05) is 0 Å². The van der Waals surface area contributed by atoms with Crippen LogP contribution in [0.25, 0.3) is 0 Å². The number of allylic oxidation sites excluding steroid dienone is 2. The van der Waals surface area contributed by atoms with Gasteiger partial charge in [-0.05, 0) is 12.3 Å². The van der Waals surface area contributed by atoms with Crippen LogP contribution in [0.4, 0.5) is 0 Å². The molecular formula is C9H10O3. The molecule has 0 heterocycles. The Morgan fingerprint density at radius 3 is 2.75 bits per heavy atom. The topological polar surface area (TPSA) is 54.4 Å². The summed E-state index contributed by atoms with van der Waals surface area (Å²) in [6.45, 7) is 0. The van der Waals surface area contributed by atoms with E-state index in [-0.39, 0.29) is 30.0 Å². The Bertz CT molecular complexity index is 267. The first-order valence-corrected chi connectivity index (χ1v) is 4.12. The van der Waals surface area contributed by atoms with Crippen molar-refractivity contribution in [2.45, 2.75) is 12.8 Å². The van der Waals surface area contributed by atoms with Crippen LogP contribution < -0.4 is 0 Å². The van der Waals surface area contributed by atoms with Gasteiger partial charge in [0.15, 0.2) is 0 Å². The van der Waals surface area contributed by atoms with E-state index in [9.17, 15) is 9.59 Å². The van der Waals surface area contributed by atoms with Gasteiger partial charge < -0.3 is 5.11 Å². The van der Waals surface area contributed by atoms with E-state index >= 15 is 0 Å². The number of aliphatic carboxylic acids is 1. The van der Waals surface area contributed by atoms with E-state index in [1.807, 2.05) is 12.2 Å². The summed E-state index contributed by atoms with van der Waals surface area (Å²) < 4.78 is 0. The largest absolute Gasteiger partial charge is 0.481 e. The van der Waals surface area contributed by atoms with Crippen molar-refractivity contribution >= 4 is 11.8 Å². The molecule has 0 aromatic carbocycles. The zero-order valence-corrected chi connectivity index (χ0v) is 6.56. The van der Waals surface area contributed by atoms with Crippen molar-refractivity contribution in [3.63, 3.8) is 0 Å². The third-order valence-corrected chi connectivity index (χ3v) is 2.75. The molecule has 0 aromatic rings. The Hall–Kier alpha value is -1.12. The molecule has 1 saturated carbocycles. The number of carboxylic acids is 1. The van der Waals surface area contributed by atoms with Crippen molar-refractivity contribution in [1.29, 1.82) is 0 Å². The zero-order chi connectivity index (χ0) is 8.72. The van der Waals surface area contributed by atoms with Gasteiger partial charge in [-0.2, -0.15) is 0 Å². The molecule has 0 spiro atoms. The van der Waals surface area contributed by atoms with Crippen LogP contribution >= 0.6 is 0 Å². The molecule has 2 bridgehead atoms. The summed E-state index contributed by atoms with van der Waals surface area (Å²) >= 11 is 0. The monoisotopic (exact) mass is 166 g/mol. The highest BCUT2D eigenvalue weighted by atomic mass is 16.4. The van der Waals surface area contributed by atoms with Gasteiger partial charge in [0.1, 0.15) is 5.78 Å². The zero-order valence-electron chi connectivity index (χ0n) is 6.56. The van der Waals surface area contributed by atoms with Gasteiger partial charge in [-0.1, -0.05) is 12.2 Å². The van der Waals surface area contributed by atoms with Crippen molar-refractivity contribution in [3.05, 3.63) is 12.2 Å². The summed E-state index contributed by atoms with van der Waals surface area (Å²) in [4.78, 5) is 21.7. The Balaban J connectivity index is 2.09. The van der Waals surface area contributed by atoms with Crippen molar-refractivity contribution < 1.29 is 14.7 Å². The highest BCUT2D eigenvalue weighted by molar-refractivity contribution is 5.92. The lowest BCUT2D eigenvalue weighted by molar-refractivity contribution is -0.138. The minimum Gasteiger partial charge on any atom is -0.481 e. The van der Waals surface area contributed by atoms with Gasteiger partial charge in [-0.15, -0.1) is 0 Å². The number of carbonyl (C=O) groups is 2. The highest BCUT2D eigenvalue weighted by Gasteiger charge is 2.43. The minimum absolute atomic E-state index is 0.0272. The fourth-order valence-electron chi connectivity index (χ4n) is 2.18. The molecule has 0 aromatic heterocycles. The van der Waals surface area contributed by atoms with Crippen LogP contribution in [0.5, 0.6) is 0 Å². The maximum atomic E-state index is 11.3. The molecule has 0 amide bonds. The summed E-state index contributed by atoms with van der Waals surface area (Å²) in [5.41, 5.74) is 0. The minimum atomic E-state index is -0.797. The second kappa shape index (κ2) is 2.44. The number of carbonyl (C=O) groups excluding carboxylic acids is 1. The maximum absolute atomic E-state index is 11.3. The van der Waals surface area contributed by atoms with E-state index < -0.39 is 5.97 Å². The van der Waals surface area contributed by atoms with Crippen molar-refractivity contribution in [2.24, 2.45) is 17.8 Å². The van der Waals surface area contributed by atoms with Crippen LogP contribution in [0.3, 0.4) is 0 Å². The molecule has 0 saturated heterocycles. The van der Waals surface area contributed by atoms with Crippen molar-refractivity contribution in [1.82, 2.24) is 0 Å². The summed E-state index contributed by atoms with van der Waals surface area (Å²) in [6, 6.07) is 0. The number of Topliss-reactive ketones (excluding diaryl/α,β-unsaturated/α-hetero) is 1. The molecule has 3 nitrogen and oxygen atoms in total. The Labute approximate surface area is 70.1 Å². The fraction of sp³-hybridized carbons (Fsp3) is 0.556. The summed E-state index contributed by atoms with van der Waals surface area (Å²) in [7, 11) is 0. The molecular weight excluding hydrogens is 156 g/mol. The van der Waals surface area contributed by atoms with Gasteiger partial charge in [0.25, 0.3) is 0 Å². The molecule has 64 valence electrons. The molecule has 12 heavy (non-hydrogen) atoms. The molecule has 1 N–H and O–H groups in total. The Morgan fingerprint density at radius 1 is 1.58 bits per heavy atom. The number of hydrogen-bond donors (Lipinski definition) is 1. The standard InChI is InChI=1S/C9H10O3/c10-8(11)4-6-3-5-1-2-7(6)9(5)12/h1-2,5-7H,3-4H2,(H,10,11). The van der Waals surface area contributed by atoms with Gasteiger partial charge in [-0.3, -0.25) is 9.59 Å². The first kappa shape index (κ1) is 7.53. The molecule has 0 aliphatic heterocycles. The number of fused-ring (bicyclic) bond motifs is 2. The van der Waals surface area contributed by atoms with Crippen LogP contribution in [-0.2, 0) is 9.59 Å². The number of ketones is 1. The van der Waals surface area contributed by atoms with E-state index in [1.165, 1.54) is 0 Å². The Morgan fingerprint density at radius 2 is 2.33 bits per heavy atom. The number of rotatable bonds is 2. The van der Waals surface area contributed by atoms with Gasteiger partial charge in [0.2, 0.25) is 0 Å². The lowest BCUT2D eigenvalue weighted by atomic mass is 9.91. The van der Waals surface area contributed by atoms with E-state index in [4.69, 9.17) is 5.11 Å². The average Bonchev–Trinajstić information content (AvgIpc) is 2.44. The van der Waals surface area contributed by atoms with Crippen LogP contribution in [0.15, 0.2) is 12.2 Å². The Kier molecular flexibility index (Phi) is 1.53. The lowest BCUT2D eigenvalue weighted by Crippen LogP contribution is -2.14. The summed E-state index contributed by atoms with van der Waals surface area (Å²) in [5, 5.41) is 8.55. The van der Waals surface area contributed by atoms with Crippen LogP contribution in [-0.4, -0.2) is 16.9 Å². The van der Waals surface area contributed by atoms with E-state index in [0.717, 1.165) is 6.42 Å². The van der Waals surface area contributed by atoms with Gasteiger partial charge in [0, 0.05) is 18.3 Å². The normalized spacial score (nSPS) is 37.7. The van der Waals surface area contributed by atoms with E-state index in [2.05, 4.69) is 0 Å². The first-order chi connectivity index (χ1) is 5.68. The third-order valence-electron chi connectivity index (χ3n) is 2.75. The first-order valence-electron chi connectivity index (χ1n) is 4.12. The summed E-state index contributed by atoms with van der Waals surface area (Å²) in [5.74, 6) is -0.578. The molecule has 3 atom stereocenters. The average molecular weight is 166 g/mol. The fourth-order valence-corrected chi connectivity index (χ4v) is 2.18. The molecule has 2 rings (SSSR count). The predicted octanol–water partition coefficient (Wildman–Crippen LogP) is 0.852.